The van der Waals surface area contributed by atoms with Crippen molar-refractivity contribution in [2.45, 2.75) is 6.54 Å². The van der Waals surface area contributed by atoms with Gasteiger partial charge in [-0.15, -0.1) is 0 Å². The van der Waals surface area contributed by atoms with Crippen LogP contribution in [-0.2, 0) is 6.54 Å². The summed E-state index contributed by atoms with van der Waals surface area (Å²) in [6, 6.07) is 8.74. The zero-order chi connectivity index (χ0) is 13.1. The van der Waals surface area contributed by atoms with E-state index in [1.807, 2.05) is 0 Å². The Hall–Kier alpha value is -1.32. The van der Waals surface area contributed by atoms with Crippen molar-refractivity contribution in [3.05, 3.63) is 63.6 Å². The number of anilines is 1. The van der Waals surface area contributed by atoms with Crippen molar-refractivity contribution >= 4 is 28.9 Å². The maximum absolute atomic E-state index is 13.6. The van der Waals surface area contributed by atoms with E-state index in [-0.39, 0.29) is 17.3 Å². The van der Waals surface area contributed by atoms with E-state index in [4.69, 9.17) is 23.2 Å². The summed E-state index contributed by atoms with van der Waals surface area (Å²) in [6.45, 7) is 0.288. The Morgan fingerprint density at radius 3 is 2.50 bits per heavy atom. The first-order chi connectivity index (χ1) is 8.58. The largest absolute Gasteiger partial charge is 0.379 e. The summed E-state index contributed by atoms with van der Waals surface area (Å²) in [6.07, 6.45) is 0. The molecule has 2 aromatic carbocycles. The molecule has 0 radical (unpaired) electrons. The Bertz CT molecular complexity index is 573. The third kappa shape index (κ3) is 2.92. The van der Waals surface area contributed by atoms with Gasteiger partial charge in [-0.3, -0.25) is 0 Å². The minimum Gasteiger partial charge on any atom is -0.379 e. The molecule has 0 fully saturated rings. The Morgan fingerprint density at radius 1 is 1.00 bits per heavy atom. The molecule has 0 amide bonds. The summed E-state index contributed by atoms with van der Waals surface area (Å²) in [5.74, 6) is -0.921. The molecule has 2 aromatic rings. The van der Waals surface area contributed by atoms with Gasteiger partial charge in [0.25, 0.3) is 0 Å². The van der Waals surface area contributed by atoms with Crippen LogP contribution in [0.25, 0.3) is 0 Å². The minimum absolute atomic E-state index is 0.0465. The molecule has 0 spiro atoms. The number of hydrogen-bond donors (Lipinski definition) is 1. The smallest absolute Gasteiger partial charge is 0.164 e. The lowest BCUT2D eigenvalue weighted by molar-refractivity contribution is 0.626. The second-order valence-corrected chi connectivity index (χ2v) is 4.51. The van der Waals surface area contributed by atoms with Crippen LogP contribution in [0.1, 0.15) is 5.56 Å². The van der Waals surface area contributed by atoms with Crippen molar-refractivity contribution in [3.63, 3.8) is 0 Å². The van der Waals surface area contributed by atoms with Gasteiger partial charge in [-0.2, -0.15) is 0 Å². The van der Waals surface area contributed by atoms with Gasteiger partial charge < -0.3 is 5.32 Å². The standard InChI is InChI=1S/C13H9Cl2F2N/c14-10-2-1-3-12(13(10)17)18-7-8-4-5-9(16)6-11(8)15/h1-6,18H,7H2. The molecule has 0 saturated carbocycles. The van der Waals surface area contributed by atoms with Gasteiger partial charge in [0.1, 0.15) is 5.82 Å². The van der Waals surface area contributed by atoms with E-state index in [2.05, 4.69) is 5.32 Å². The fraction of sp³-hybridized carbons (Fsp3) is 0.0769. The van der Waals surface area contributed by atoms with Crippen LogP contribution in [0.15, 0.2) is 36.4 Å². The fourth-order valence-electron chi connectivity index (χ4n) is 1.50. The molecule has 1 nitrogen and oxygen atoms in total. The Labute approximate surface area is 113 Å². The third-order valence-corrected chi connectivity index (χ3v) is 3.08. The van der Waals surface area contributed by atoms with E-state index < -0.39 is 11.6 Å². The van der Waals surface area contributed by atoms with Crippen LogP contribution in [0.4, 0.5) is 14.5 Å². The van der Waals surface area contributed by atoms with E-state index in [0.717, 1.165) is 0 Å². The third-order valence-electron chi connectivity index (χ3n) is 2.44. The lowest BCUT2D eigenvalue weighted by Gasteiger charge is -2.09. The van der Waals surface area contributed by atoms with Crippen molar-refractivity contribution < 1.29 is 8.78 Å². The lowest BCUT2D eigenvalue weighted by Crippen LogP contribution is -2.02. The molecule has 1 N–H and O–H groups in total. The molecular weight excluding hydrogens is 279 g/mol. The first kappa shape index (κ1) is 13.1. The van der Waals surface area contributed by atoms with Crippen molar-refractivity contribution in [2.24, 2.45) is 0 Å². The predicted molar refractivity (Wildman–Crippen MR) is 70.1 cm³/mol. The van der Waals surface area contributed by atoms with E-state index in [9.17, 15) is 8.78 Å². The van der Waals surface area contributed by atoms with E-state index in [1.165, 1.54) is 18.2 Å². The SMILES string of the molecule is Fc1ccc(CNc2cccc(Cl)c2F)c(Cl)c1. The van der Waals surface area contributed by atoms with E-state index >= 15 is 0 Å². The van der Waals surface area contributed by atoms with Crippen molar-refractivity contribution in [2.75, 3.05) is 5.32 Å². The summed E-state index contributed by atoms with van der Waals surface area (Å²) < 4.78 is 26.4. The van der Waals surface area contributed by atoms with Gasteiger partial charge in [-0.05, 0) is 29.8 Å². The molecule has 2 rings (SSSR count). The summed E-state index contributed by atoms with van der Waals surface area (Å²) in [4.78, 5) is 0. The first-order valence-corrected chi connectivity index (χ1v) is 5.95. The van der Waals surface area contributed by atoms with Crippen LogP contribution in [-0.4, -0.2) is 0 Å². The van der Waals surface area contributed by atoms with Crippen LogP contribution in [0.3, 0.4) is 0 Å². The second-order valence-electron chi connectivity index (χ2n) is 3.69. The van der Waals surface area contributed by atoms with E-state index in [1.54, 1.807) is 18.2 Å². The molecule has 5 heteroatoms. The molecule has 0 aliphatic rings. The van der Waals surface area contributed by atoms with Crippen molar-refractivity contribution in [3.8, 4) is 0 Å². The monoisotopic (exact) mass is 287 g/mol. The number of hydrogen-bond acceptors (Lipinski definition) is 1. The molecule has 0 bridgehead atoms. The highest BCUT2D eigenvalue weighted by Crippen LogP contribution is 2.24. The zero-order valence-electron chi connectivity index (χ0n) is 9.18. The highest BCUT2D eigenvalue weighted by Gasteiger charge is 2.07. The topological polar surface area (TPSA) is 12.0 Å². The van der Waals surface area contributed by atoms with Crippen LogP contribution < -0.4 is 5.32 Å². The molecule has 0 atom stereocenters. The fourth-order valence-corrected chi connectivity index (χ4v) is 1.90. The van der Waals surface area contributed by atoms with Crippen LogP contribution >= 0.6 is 23.2 Å². The van der Waals surface area contributed by atoms with Gasteiger partial charge in [-0.1, -0.05) is 35.3 Å². The molecule has 0 aliphatic heterocycles. The average Bonchev–Trinajstić information content (AvgIpc) is 2.33. The number of benzene rings is 2. The summed E-state index contributed by atoms with van der Waals surface area (Å²) in [5.41, 5.74) is 0.959. The second kappa shape index (κ2) is 5.55. The quantitative estimate of drug-likeness (QED) is 0.848. The average molecular weight is 288 g/mol. The molecule has 0 aromatic heterocycles. The van der Waals surface area contributed by atoms with Crippen LogP contribution in [0.2, 0.25) is 10.0 Å². The molecule has 0 unspecified atom stereocenters. The van der Waals surface area contributed by atoms with E-state index in [0.29, 0.717) is 10.6 Å². The van der Waals surface area contributed by atoms with Crippen molar-refractivity contribution in [1.29, 1.82) is 0 Å². The van der Waals surface area contributed by atoms with Crippen LogP contribution in [0.5, 0.6) is 0 Å². The Kier molecular flexibility index (Phi) is 4.04. The summed E-state index contributed by atoms with van der Waals surface area (Å²) >= 11 is 11.5. The maximum Gasteiger partial charge on any atom is 0.164 e. The number of rotatable bonds is 3. The minimum atomic E-state index is -0.516. The van der Waals surface area contributed by atoms with Gasteiger partial charge in [0.05, 0.1) is 10.7 Å². The molecule has 94 valence electrons. The molecular formula is C13H9Cl2F2N. The number of halogens is 4. The van der Waals surface area contributed by atoms with Gasteiger partial charge in [-0.25, -0.2) is 8.78 Å². The predicted octanol–water partition coefficient (Wildman–Crippen LogP) is 4.88. The van der Waals surface area contributed by atoms with Crippen molar-refractivity contribution in [1.82, 2.24) is 0 Å². The van der Waals surface area contributed by atoms with Crippen LogP contribution in [0, 0.1) is 11.6 Å². The molecule has 0 saturated heterocycles. The Balaban J connectivity index is 2.14. The van der Waals surface area contributed by atoms with Gasteiger partial charge in [0.15, 0.2) is 5.82 Å². The maximum atomic E-state index is 13.6. The normalized spacial score (nSPS) is 10.4. The highest BCUT2D eigenvalue weighted by molar-refractivity contribution is 6.31. The highest BCUT2D eigenvalue weighted by atomic mass is 35.5. The molecule has 18 heavy (non-hydrogen) atoms. The zero-order valence-corrected chi connectivity index (χ0v) is 10.7. The number of nitrogens with one attached hydrogen (secondary N) is 1. The van der Waals surface area contributed by atoms with Gasteiger partial charge in [0, 0.05) is 11.6 Å². The summed E-state index contributed by atoms with van der Waals surface area (Å²) in [7, 11) is 0. The lowest BCUT2D eigenvalue weighted by atomic mass is 10.2. The van der Waals surface area contributed by atoms with Gasteiger partial charge in [0.2, 0.25) is 0 Å². The summed E-state index contributed by atoms with van der Waals surface area (Å²) in [5, 5.41) is 3.21. The van der Waals surface area contributed by atoms with Gasteiger partial charge >= 0.3 is 0 Å². The Morgan fingerprint density at radius 2 is 1.78 bits per heavy atom. The first-order valence-electron chi connectivity index (χ1n) is 5.20. The molecule has 0 heterocycles. The molecule has 0 aliphatic carbocycles.